The van der Waals surface area contributed by atoms with Crippen LogP contribution in [0.3, 0.4) is 0 Å². The molecule has 2 amide bonds. The van der Waals surface area contributed by atoms with Crippen LogP contribution < -0.4 is 5.32 Å². The van der Waals surface area contributed by atoms with Crippen LogP contribution in [-0.2, 0) is 16.1 Å². The number of carbonyl (C=O) groups is 2. The average molecular weight is 333 g/mol. The molecule has 0 aromatic carbocycles. The zero-order chi connectivity index (χ0) is 16.9. The van der Waals surface area contributed by atoms with Crippen molar-refractivity contribution in [2.24, 2.45) is 5.92 Å². The second-order valence-electron chi connectivity index (χ2n) is 7.08. The van der Waals surface area contributed by atoms with Gasteiger partial charge in [0, 0.05) is 25.1 Å². The monoisotopic (exact) mass is 333 g/mol. The van der Waals surface area contributed by atoms with E-state index in [1.807, 2.05) is 17.9 Å². The van der Waals surface area contributed by atoms with Gasteiger partial charge in [0.15, 0.2) is 5.76 Å². The molecule has 1 aliphatic heterocycles. The first-order valence-corrected chi connectivity index (χ1v) is 9.13. The highest BCUT2D eigenvalue weighted by molar-refractivity contribution is 5.84. The number of rotatable bonds is 4. The van der Waals surface area contributed by atoms with Crippen molar-refractivity contribution in [1.82, 2.24) is 15.4 Å². The highest BCUT2D eigenvalue weighted by atomic mass is 16.5. The van der Waals surface area contributed by atoms with Gasteiger partial charge in [-0.05, 0) is 26.2 Å². The minimum atomic E-state index is -0.116. The Balaban J connectivity index is 1.55. The Morgan fingerprint density at radius 3 is 2.71 bits per heavy atom. The number of amides is 2. The fourth-order valence-corrected chi connectivity index (χ4v) is 3.83. The SMILES string of the molecule is Cc1cc(CNC(=O)[C@H]2CCC(=O)N(C3CCCCCC3)C2)on1. The van der Waals surface area contributed by atoms with E-state index in [1.165, 1.54) is 25.7 Å². The molecule has 6 nitrogen and oxygen atoms in total. The third-order valence-electron chi connectivity index (χ3n) is 5.19. The van der Waals surface area contributed by atoms with Crippen molar-refractivity contribution < 1.29 is 14.1 Å². The largest absolute Gasteiger partial charge is 0.359 e. The fraction of sp³-hybridized carbons (Fsp3) is 0.722. The number of nitrogens with zero attached hydrogens (tertiary/aromatic N) is 2. The van der Waals surface area contributed by atoms with Gasteiger partial charge in [0.2, 0.25) is 11.8 Å². The van der Waals surface area contributed by atoms with E-state index >= 15 is 0 Å². The van der Waals surface area contributed by atoms with Gasteiger partial charge in [-0.1, -0.05) is 30.8 Å². The van der Waals surface area contributed by atoms with Gasteiger partial charge >= 0.3 is 0 Å². The van der Waals surface area contributed by atoms with Crippen LogP contribution in [-0.4, -0.2) is 34.5 Å². The molecule has 6 heteroatoms. The molecule has 3 rings (SSSR count). The molecule has 1 atom stereocenters. The molecule has 0 radical (unpaired) electrons. The van der Waals surface area contributed by atoms with E-state index in [4.69, 9.17) is 4.52 Å². The van der Waals surface area contributed by atoms with E-state index in [2.05, 4.69) is 10.5 Å². The van der Waals surface area contributed by atoms with Crippen LogP contribution in [0.2, 0.25) is 0 Å². The van der Waals surface area contributed by atoms with Crippen LogP contribution in [0.5, 0.6) is 0 Å². The minimum Gasteiger partial charge on any atom is -0.359 e. The summed E-state index contributed by atoms with van der Waals surface area (Å²) in [5, 5.41) is 6.74. The second kappa shape index (κ2) is 7.81. The zero-order valence-corrected chi connectivity index (χ0v) is 14.4. The van der Waals surface area contributed by atoms with Gasteiger partial charge < -0.3 is 14.7 Å². The van der Waals surface area contributed by atoms with Crippen molar-refractivity contribution in [2.75, 3.05) is 6.54 Å². The van der Waals surface area contributed by atoms with Gasteiger partial charge in [0.25, 0.3) is 0 Å². The van der Waals surface area contributed by atoms with Crippen LogP contribution in [0.15, 0.2) is 10.6 Å². The van der Waals surface area contributed by atoms with Crippen LogP contribution >= 0.6 is 0 Å². The lowest BCUT2D eigenvalue weighted by Gasteiger charge is -2.37. The molecule has 1 aliphatic carbocycles. The molecular formula is C18H27N3O3. The first kappa shape index (κ1) is 17.0. The number of carbonyl (C=O) groups excluding carboxylic acids is 2. The molecule has 1 aromatic heterocycles. The number of hydrogen-bond donors (Lipinski definition) is 1. The lowest BCUT2D eigenvalue weighted by Crippen LogP contribution is -2.49. The summed E-state index contributed by atoms with van der Waals surface area (Å²) in [7, 11) is 0. The van der Waals surface area contributed by atoms with Crippen LogP contribution in [0.1, 0.15) is 62.8 Å². The highest BCUT2D eigenvalue weighted by Gasteiger charge is 2.34. The number of aryl methyl sites for hydroxylation is 1. The predicted molar refractivity (Wildman–Crippen MR) is 89.0 cm³/mol. The molecule has 0 unspecified atom stereocenters. The highest BCUT2D eigenvalue weighted by Crippen LogP contribution is 2.27. The van der Waals surface area contributed by atoms with Crippen molar-refractivity contribution >= 4 is 11.8 Å². The van der Waals surface area contributed by atoms with E-state index in [-0.39, 0.29) is 17.7 Å². The Bertz CT molecular complexity index is 576. The molecule has 2 aliphatic rings. The molecule has 1 saturated heterocycles. The van der Waals surface area contributed by atoms with E-state index in [0.717, 1.165) is 18.5 Å². The smallest absolute Gasteiger partial charge is 0.225 e. The number of likely N-dealkylation sites (tertiary alicyclic amines) is 1. The molecule has 2 heterocycles. The number of piperidine rings is 1. The van der Waals surface area contributed by atoms with Gasteiger partial charge in [-0.15, -0.1) is 0 Å². The van der Waals surface area contributed by atoms with Crippen LogP contribution in [0.25, 0.3) is 0 Å². The average Bonchev–Trinajstić information content (AvgIpc) is 2.83. The summed E-state index contributed by atoms with van der Waals surface area (Å²) in [5.41, 5.74) is 0.807. The molecule has 0 bridgehead atoms. The van der Waals surface area contributed by atoms with Crippen LogP contribution in [0.4, 0.5) is 0 Å². The van der Waals surface area contributed by atoms with Gasteiger partial charge in [0.05, 0.1) is 18.2 Å². The molecule has 132 valence electrons. The topological polar surface area (TPSA) is 75.4 Å². The Kier molecular flexibility index (Phi) is 5.53. The maximum atomic E-state index is 12.5. The summed E-state index contributed by atoms with van der Waals surface area (Å²) in [6, 6.07) is 2.15. The molecule has 0 spiro atoms. The summed E-state index contributed by atoms with van der Waals surface area (Å²) < 4.78 is 5.12. The van der Waals surface area contributed by atoms with E-state index in [0.29, 0.717) is 37.7 Å². The summed E-state index contributed by atoms with van der Waals surface area (Å²) in [4.78, 5) is 26.8. The van der Waals surface area contributed by atoms with E-state index in [9.17, 15) is 9.59 Å². The van der Waals surface area contributed by atoms with Gasteiger partial charge in [-0.3, -0.25) is 9.59 Å². The standard InChI is InChI=1S/C18H27N3O3/c1-13-10-16(24-20-13)11-19-18(23)14-8-9-17(22)21(12-14)15-6-4-2-3-5-7-15/h10,14-15H,2-9,11-12H2,1H3,(H,19,23)/t14-/m0/s1. The molecule has 2 fully saturated rings. The van der Waals surface area contributed by atoms with Crippen molar-refractivity contribution in [2.45, 2.75) is 70.9 Å². The fourth-order valence-electron chi connectivity index (χ4n) is 3.83. The molecular weight excluding hydrogens is 306 g/mol. The Morgan fingerprint density at radius 2 is 2.04 bits per heavy atom. The first-order chi connectivity index (χ1) is 11.6. The second-order valence-corrected chi connectivity index (χ2v) is 7.08. The lowest BCUT2D eigenvalue weighted by molar-refractivity contribution is -0.141. The maximum Gasteiger partial charge on any atom is 0.225 e. The zero-order valence-electron chi connectivity index (χ0n) is 14.4. The number of nitrogens with one attached hydrogen (secondary N) is 1. The van der Waals surface area contributed by atoms with Gasteiger partial charge in [-0.25, -0.2) is 0 Å². The number of aromatic nitrogens is 1. The number of hydrogen-bond acceptors (Lipinski definition) is 4. The lowest BCUT2D eigenvalue weighted by atomic mass is 9.93. The molecule has 1 N–H and O–H groups in total. The quantitative estimate of drug-likeness (QED) is 0.859. The van der Waals surface area contributed by atoms with Crippen molar-refractivity contribution in [3.8, 4) is 0 Å². The predicted octanol–water partition coefficient (Wildman–Crippen LogP) is 2.56. The Labute approximate surface area is 142 Å². The summed E-state index contributed by atoms with van der Waals surface area (Å²) in [5.74, 6) is 0.773. The van der Waals surface area contributed by atoms with Crippen molar-refractivity contribution in [1.29, 1.82) is 0 Å². The maximum absolute atomic E-state index is 12.5. The third-order valence-corrected chi connectivity index (χ3v) is 5.19. The molecule has 24 heavy (non-hydrogen) atoms. The van der Waals surface area contributed by atoms with Crippen molar-refractivity contribution in [3.05, 3.63) is 17.5 Å². The van der Waals surface area contributed by atoms with E-state index in [1.54, 1.807) is 0 Å². The minimum absolute atomic E-state index is 0.00942. The normalized spacial score (nSPS) is 23.1. The summed E-state index contributed by atoms with van der Waals surface area (Å²) in [6.07, 6.45) is 8.19. The van der Waals surface area contributed by atoms with Gasteiger partial charge in [-0.2, -0.15) is 0 Å². The van der Waals surface area contributed by atoms with Crippen LogP contribution in [0, 0.1) is 12.8 Å². The summed E-state index contributed by atoms with van der Waals surface area (Å²) in [6.45, 7) is 2.77. The summed E-state index contributed by atoms with van der Waals surface area (Å²) >= 11 is 0. The molecule has 1 aromatic rings. The Morgan fingerprint density at radius 1 is 1.29 bits per heavy atom. The molecule has 1 saturated carbocycles. The van der Waals surface area contributed by atoms with Crippen molar-refractivity contribution in [3.63, 3.8) is 0 Å². The van der Waals surface area contributed by atoms with E-state index < -0.39 is 0 Å². The third kappa shape index (κ3) is 4.16. The Hall–Kier alpha value is -1.85. The first-order valence-electron chi connectivity index (χ1n) is 9.13. The van der Waals surface area contributed by atoms with Gasteiger partial charge in [0.1, 0.15) is 0 Å².